The van der Waals surface area contributed by atoms with Crippen molar-refractivity contribution in [3.05, 3.63) is 40.9 Å². The first-order valence-electron chi connectivity index (χ1n) is 7.05. The number of aromatic nitrogens is 4. The quantitative estimate of drug-likeness (QED) is 0.672. The highest BCUT2D eigenvalue weighted by Gasteiger charge is 2.19. The summed E-state index contributed by atoms with van der Waals surface area (Å²) in [6.07, 6.45) is 2.98. The van der Waals surface area contributed by atoms with E-state index in [9.17, 15) is 4.79 Å². The Morgan fingerprint density at radius 1 is 1.24 bits per heavy atom. The monoisotopic (exact) mass is 376 g/mol. The van der Waals surface area contributed by atoms with E-state index in [1.807, 2.05) is 6.92 Å². The van der Waals surface area contributed by atoms with Crippen LogP contribution in [0.5, 0.6) is 5.75 Å². The molecular formula is C15H13ClN6O2S. The minimum atomic E-state index is -0.395. The molecule has 3 aromatic heterocycles. The van der Waals surface area contributed by atoms with Crippen LogP contribution in [0.25, 0.3) is 11.1 Å². The second kappa shape index (κ2) is 6.99. The molecule has 0 saturated carbocycles. The zero-order chi connectivity index (χ0) is 18.0. The molecule has 0 bridgehead atoms. The van der Waals surface area contributed by atoms with E-state index in [2.05, 4.69) is 25.5 Å². The van der Waals surface area contributed by atoms with Crippen LogP contribution in [0.15, 0.2) is 24.5 Å². The van der Waals surface area contributed by atoms with Gasteiger partial charge in [-0.2, -0.15) is 0 Å². The van der Waals surface area contributed by atoms with Crippen molar-refractivity contribution >= 4 is 39.1 Å². The van der Waals surface area contributed by atoms with Gasteiger partial charge < -0.3 is 10.5 Å². The van der Waals surface area contributed by atoms with E-state index in [4.69, 9.17) is 22.1 Å². The lowest BCUT2D eigenvalue weighted by Gasteiger charge is -2.13. The van der Waals surface area contributed by atoms with Gasteiger partial charge in [-0.15, -0.1) is 10.2 Å². The first-order valence-corrected chi connectivity index (χ1v) is 8.24. The molecule has 10 heteroatoms. The number of methoxy groups -OCH3 is 1. The van der Waals surface area contributed by atoms with Crippen molar-refractivity contribution in [3.8, 4) is 16.9 Å². The second-order valence-electron chi connectivity index (χ2n) is 4.98. The van der Waals surface area contributed by atoms with E-state index < -0.39 is 5.91 Å². The molecule has 3 rings (SSSR count). The van der Waals surface area contributed by atoms with E-state index in [-0.39, 0.29) is 10.3 Å². The maximum atomic E-state index is 12.7. The predicted octanol–water partition coefficient (Wildman–Crippen LogP) is 2.80. The van der Waals surface area contributed by atoms with Crippen molar-refractivity contribution in [3.63, 3.8) is 0 Å². The zero-order valence-electron chi connectivity index (χ0n) is 13.3. The van der Waals surface area contributed by atoms with Gasteiger partial charge in [0.25, 0.3) is 5.91 Å². The number of halogens is 1. The third kappa shape index (κ3) is 3.67. The largest absolute Gasteiger partial charge is 0.494 e. The number of ether oxygens (including phenoxy) is 1. The van der Waals surface area contributed by atoms with Crippen molar-refractivity contribution in [2.24, 2.45) is 0 Å². The summed E-state index contributed by atoms with van der Waals surface area (Å²) in [7, 11) is 1.52. The topological polar surface area (TPSA) is 116 Å². The molecule has 3 heterocycles. The molecule has 128 valence electrons. The van der Waals surface area contributed by atoms with Gasteiger partial charge in [-0.1, -0.05) is 22.9 Å². The Morgan fingerprint density at radius 3 is 2.72 bits per heavy atom. The average Bonchev–Trinajstić information content (AvgIpc) is 2.99. The van der Waals surface area contributed by atoms with Gasteiger partial charge in [0.2, 0.25) is 10.3 Å². The Kier molecular flexibility index (Phi) is 4.77. The highest BCUT2D eigenvalue weighted by molar-refractivity contribution is 7.19. The van der Waals surface area contributed by atoms with Crippen LogP contribution < -0.4 is 15.8 Å². The van der Waals surface area contributed by atoms with Gasteiger partial charge in [-0.05, 0) is 19.1 Å². The Bertz CT molecular complexity index is 946. The molecular weight excluding hydrogens is 364 g/mol. The number of nitrogens with one attached hydrogen (secondary N) is 1. The first kappa shape index (κ1) is 17.1. The van der Waals surface area contributed by atoms with Crippen LogP contribution in [0.1, 0.15) is 16.1 Å². The minimum Gasteiger partial charge on any atom is -0.494 e. The van der Waals surface area contributed by atoms with Gasteiger partial charge in [0.15, 0.2) is 0 Å². The summed E-state index contributed by atoms with van der Waals surface area (Å²) in [5.41, 5.74) is 7.85. The number of nitrogens with two attached hydrogens (primary N) is 1. The number of amides is 1. The number of rotatable bonds is 4. The Labute approximate surface area is 152 Å². The summed E-state index contributed by atoms with van der Waals surface area (Å²) >= 11 is 7.09. The molecule has 0 aromatic carbocycles. The van der Waals surface area contributed by atoms with E-state index in [0.717, 1.165) is 17.0 Å². The number of nitrogens with zero attached hydrogens (tertiary/aromatic N) is 4. The van der Waals surface area contributed by atoms with Gasteiger partial charge in [-0.25, -0.2) is 4.98 Å². The fraction of sp³-hybridized carbons (Fsp3) is 0.133. The fourth-order valence-electron chi connectivity index (χ4n) is 2.20. The number of carbonyl (C=O) groups is 1. The molecule has 25 heavy (non-hydrogen) atoms. The molecule has 0 aliphatic carbocycles. The lowest BCUT2D eigenvalue weighted by molar-refractivity contribution is 0.102. The highest BCUT2D eigenvalue weighted by atomic mass is 35.5. The molecule has 0 atom stereocenters. The number of carbonyl (C=O) groups excluding carboxylic acids is 1. The predicted molar refractivity (Wildman–Crippen MR) is 96.0 cm³/mol. The SMILES string of the molecule is COc1cnc(Cl)cc1-c1cc(C)ncc1C(=O)Nc1nnc(N)s1. The highest BCUT2D eigenvalue weighted by Crippen LogP contribution is 2.34. The third-order valence-corrected chi connectivity index (χ3v) is 4.17. The maximum absolute atomic E-state index is 12.7. The van der Waals surface area contributed by atoms with E-state index in [1.165, 1.54) is 19.5 Å². The number of anilines is 2. The van der Waals surface area contributed by atoms with Crippen molar-refractivity contribution in [2.45, 2.75) is 6.92 Å². The van der Waals surface area contributed by atoms with Crippen LogP contribution >= 0.6 is 22.9 Å². The fourth-order valence-corrected chi connectivity index (χ4v) is 2.87. The smallest absolute Gasteiger partial charge is 0.259 e. The summed E-state index contributed by atoms with van der Waals surface area (Å²) in [4.78, 5) is 20.9. The standard InChI is InChI=1S/C15H13ClN6O2S/c1-7-3-8(9-4-12(16)19-6-11(9)24-2)10(5-18-7)13(23)20-15-22-21-14(17)25-15/h3-6H,1-2H3,(H2,17,21)(H,20,22,23). The maximum Gasteiger partial charge on any atom is 0.259 e. The molecule has 8 nitrogen and oxygen atoms in total. The molecule has 0 fully saturated rings. The summed E-state index contributed by atoms with van der Waals surface area (Å²) < 4.78 is 5.34. The van der Waals surface area contributed by atoms with Gasteiger partial charge >= 0.3 is 0 Å². The number of pyridine rings is 2. The molecule has 0 aliphatic rings. The van der Waals surface area contributed by atoms with Crippen molar-refractivity contribution in [1.82, 2.24) is 20.2 Å². The van der Waals surface area contributed by atoms with E-state index in [1.54, 1.807) is 12.1 Å². The molecule has 0 radical (unpaired) electrons. The molecule has 1 amide bonds. The van der Waals surface area contributed by atoms with E-state index in [0.29, 0.717) is 27.6 Å². The van der Waals surface area contributed by atoms with Gasteiger partial charge in [0, 0.05) is 23.0 Å². The summed E-state index contributed by atoms with van der Waals surface area (Å²) in [6, 6.07) is 3.41. The van der Waals surface area contributed by atoms with Gasteiger partial charge in [0.05, 0.1) is 18.9 Å². The minimum absolute atomic E-state index is 0.264. The number of aryl methyl sites for hydroxylation is 1. The van der Waals surface area contributed by atoms with Crippen LogP contribution in [0.3, 0.4) is 0 Å². The Hall–Kier alpha value is -2.78. The molecule has 3 N–H and O–H groups in total. The van der Waals surface area contributed by atoms with Crippen LogP contribution in [0, 0.1) is 6.92 Å². The van der Waals surface area contributed by atoms with E-state index >= 15 is 0 Å². The molecule has 3 aromatic rings. The lowest BCUT2D eigenvalue weighted by Crippen LogP contribution is -2.14. The Balaban J connectivity index is 2.07. The number of hydrogen-bond acceptors (Lipinski definition) is 8. The van der Waals surface area contributed by atoms with Gasteiger partial charge in [0.1, 0.15) is 10.9 Å². The molecule has 0 spiro atoms. The zero-order valence-corrected chi connectivity index (χ0v) is 14.9. The summed E-state index contributed by atoms with van der Waals surface area (Å²) in [6.45, 7) is 1.83. The number of hydrogen-bond donors (Lipinski definition) is 2. The molecule has 0 unspecified atom stereocenters. The first-order chi connectivity index (χ1) is 12.0. The average molecular weight is 377 g/mol. The normalized spacial score (nSPS) is 10.5. The summed E-state index contributed by atoms with van der Waals surface area (Å²) in [5, 5.41) is 11.0. The van der Waals surface area contributed by atoms with Crippen molar-refractivity contribution < 1.29 is 9.53 Å². The Morgan fingerprint density at radius 2 is 2.04 bits per heavy atom. The van der Waals surface area contributed by atoms with Crippen molar-refractivity contribution in [2.75, 3.05) is 18.2 Å². The van der Waals surface area contributed by atoms with Crippen LogP contribution in [0.4, 0.5) is 10.3 Å². The molecule has 0 saturated heterocycles. The number of nitrogen functional groups attached to an aromatic ring is 1. The van der Waals surface area contributed by atoms with Crippen LogP contribution in [-0.2, 0) is 0 Å². The van der Waals surface area contributed by atoms with Gasteiger partial charge in [-0.3, -0.25) is 15.1 Å². The summed E-state index contributed by atoms with van der Waals surface area (Å²) in [5.74, 6) is 0.0952. The van der Waals surface area contributed by atoms with Crippen molar-refractivity contribution in [1.29, 1.82) is 0 Å². The second-order valence-corrected chi connectivity index (χ2v) is 6.37. The van der Waals surface area contributed by atoms with Crippen LogP contribution in [-0.4, -0.2) is 33.2 Å². The van der Waals surface area contributed by atoms with Crippen LogP contribution in [0.2, 0.25) is 5.15 Å². The third-order valence-electron chi connectivity index (χ3n) is 3.29. The molecule has 0 aliphatic heterocycles. The lowest BCUT2D eigenvalue weighted by atomic mass is 10.0.